The topological polar surface area (TPSA) is 133 Å². The summed E-state index contributed by atoms with van der Waals surface area (Å²) in [6.45, 7) is 5.78. The number of carboxylic acid groups (broad SMARTS) is 1. The van der Waals surface area contributed by atoms with Crippen molar-refractivity contribution in [2.75, 3.05) is 59.8 Å². The molecule has 2 fully saturated rings. The van der Waals surface area contributed by atoms with Crippen LogP contribution in [0.5, 0.6) is 17.2 Å². The summed E-state index contributed by atoms with van der Waals surface area (Å²) >= 11 is 0. The van der Waals surface area contributed by atoms with Gasteiger partial charge in [0.05, 0.1) is 32.8 Å². The lowest BCUT2D eigenvalue weighted by Crippen LogP contribution is -2.45. The van der Waals surface area contributed by atoms with Gasteiger partial charge in [-0.3, -0.25) is 14.5 Å². The highest BCUT2D eigenvalue weighted by Crippen LogP contribution is 2.47. The predicted molar refractivity (Wildman–Crippen MR) is 143 cm³/mol. The summed E-state index contributed by atoms with van der Waals surface area (Å²) in [6, 6.07) is 3.31. The number of unbranched alkanes of at least 4 members (excludes halogenated alkanes) is 2. The summed E-state index contributed by atoms with van der Waals surface area (Å²) in [7, 11) is 1.55. The largest absolute Gasteiger partial charge is 0.493 e. The second-order valence-corrected chi connectivity index (χ2v) is 10.4. The van der Waals surface area contributed by atoms with Crippen molar-refractivity contribution in [2.24, 2.45) is 11.7 Å². The van der Waals surface area contributed by atoms with Gasteiger partial charge in [0.2, 0.25) is 18.4 Å². The summed E-state index contributed by atoms with van der Waals surface area (Å²) in [4.78, 5) is 30.3. The van der Waals surface area contributed by atoms with E-state index in [1.54, 1.807) is 7.11 Å². The molecule has 3 atom stereocenters. The van der Waals surface area contributed by atoms with Crippen LogP contribution in [0.15, 0.2) is 12.1 Å². The van der Waals surface area contributed by atoms with Gasteiger partial charge in [0.15, 0.2) is 17.8 Å². The smallest absolute Gasteiger partial charge is 0.308 e. The van der Waals surface area contributed by atoms with Gasteiger partial charge >= 0.3 is 5.97 Å². The first-order valence-electron chi connectivity index (χ1n) is 14.1. The van der Waals surface area contributed by atoms with Crippen LogP contribution >= 0.6 is 0 Å². The van der Waals surface area contributed by atoms with Crippen molar-refractivity contribution in [3.8, 4) is 17.2 Å². The summed E-state index contributed by atoms with van der Waals surface area (Å²) in [5.74, 6) is -0.399. The molecule has 0 saturated carbocycles. The van der Waals surface area contributed by atoms with E-state index in [-0.39, 0.29) is 37.5 Å². The van der Waals surface area contributed by atoms with E-state index in [4.69, 9.17) is 29.4 Å². The molecule has 3 heterocycles. The lowest BCUT2D eigenvalue weighted by Gasteiger charge is -2.30. The molecule has 2 saturated heterocycles. The molecule has 0 aromatic heterocycles. The number of fused-ring (bicyclic) bond motifs is 1. The van der Waals surface area contributed by atoms with E-state index in [0.717, 1.165) is 31.2 Å². The standard InChI is InChI=1S/C28H43N3O8/c1-3-4-10-30(11-6-5-9-29)24(32)17-31-16-20(19-14-22(35-2)27-23(15-19)38-18-39-27)26(28(33)34)21(31)7-8-25-36-12-13-37-25/h14-15,20-21,25-26H,3-13,16-18,29H2,1-2H3,(H,33,34). The normalized spacial score (nSPS) is 22.9. The highest BCUT2D eigenvalue weighted by Gasteiger charge is 2.48. The van der Waals surface area contributed by atoms with Gasteiger partial charge in [-0.15, -0.1) is 0 Å². The fourth-order valence-corrected chi connectivity index (χ4v) is 5.87. The molecule has 218 valence electrons. The molecule has 0 radical (unpaired) electrons. The summed E-state index contributed by atoms with van der Waals surface area (Å²) in [5, 5.41) is 10.5. The van der Waals surface area contributed by atoms with Gasteiger partial charge in [0, 0.05) is 31.6 Å². The van der Waals surface area contributed by atoms with Crippen LogP contribution < -0.4 is 19.9 Å². The highest BCUT2D eigenvalue weighted by molar-refractivity contribution is 5.79. The molecule has 3 unspecified atom stereocenters. The lowest BCUT2D eigenvalue weighted by atomic mass is 9.83. The minimum Gasteiger partial charge on any atom is -0.493 e. The SMILES string of the molecule is CCCCN(CCCCN)C(=O)CN1CC(c2cc(OC)c3c(c2)OCO3)C(C(=O)O)C1CCC1OCCO1. The van der Waals surface area contributed by atoms with Crippen molar-refractivity contribution in [1.29, 1.82) is 0 Å². The van der Waals surface area contributed by atoms with Crippen LogP contribution in [0.1, 0.15) is 56.9 Å². The Morgan fingerprint density at radius 3 is 2.59 bits per heavy atom. The van der Waals surface area contributed by atoms with Crippen molar-refractivity contribution in [3.05, 3.63) is 17.7 Å². The molecular weight excluding hydrogens is 506 g/mol. The number of hydrogen-bond donors (Lipinski definition) is 2. The monoisotopic (exact) mass is 549 g/mol. The van der Waals surface area contributed by atoms with E-state index in [9.17, 15) is 14.7 Å². The van der Waals surface area contributed by atoms with E-state index in [2.05, 4.69) is 6.92 Å². The molecule has 0 spiro atoms. The third kappa shape index (κ3) is 7.13. The minimum absolute atomic E-state index is 0.0203. The number of aliphatic carboxylic acids is 1. The van der Waals surface area contributed by atoms with E-state index in [1.807, 2.05) is 21.9 Å². The van der Waals surface area contributed by atoms with Crippen molar-refractivity contribution in [3.63, 3.8) is 0 Å². The first kappa shape index (κ1) is 29.4. The Balaban J connectivity index is 1.59. The number of carbonyl (C=O) groups is 2. The number of methoxy groups -OCH3 is 1. The average molecular weight is 550 g/mol. The maximum absolute atomic E-state index is 13.6. The zero-order valence-corrected chi connectivity index (χ0v) is 23.1. The molecule has 1 aromatic carbocycles. The molecule has 0 aliphatic carbocycles. The van der Waals surface area contributed by atoms with E-state index >= 15 is 0 Å². The first-order valence-corrected chi connectivity index (χ1v) is 14.1. The van der Waals surface area contributed by atoms with E-state index in [0.29, 0.717) is 69.5 Å². The van der Waals surface area contributed by atoms with Gasteiger partial charge in [0.25, 0.3) is 0 Å². The Kier molecular flexibility index (Phi) is 10.7. The van der Waals surface area contributed by atoms with Crippen molar-refractivity contribution in [2.45, 2.75) is 63.7 Å². The van der Waals surface area contributed by atoms with Crippen LogP contribution in [0.3, 0.4) is 0 Å². The number of benzene rings is 1. The van der Waals surface area contributed by atoms with E-state index < -0.39 is 11.9 Å². The van der Waals surface area contributed by atoms with Gasteiger partial charge in [-0.05, 0) is 56.3 Å². The molecule has 11 heteroatoms. The van der Waals surface area contributed by atoms with Gasteiger partial charge < -0.3 is 39.4 Å². The minimum atomic E-state index is -0.893. The molecule has 3 aliphatic heterocycles. The quantitative estimate of drug-likeness (QED) is 0.314. The number of carboxylic acids is 1. The number of nitrogens with two attached hydrogens (primary N) is 1. The van der Waals surface area contributed by atoms with Crippen LogP contribution in [0.4, 0.5) is 0 Å². The highest BCUT2D eigenvalue weighted by atomic mass is 16.7. The molecule has 3 N–H and O–H groups in total. The summed E-state index contributed by atoms with van der Waals surface area (Å²) in [6.07, 6.45) is 4.37. The first-order chi connectivity index (χ1) is 19.0. The van der Waals surface area contributed by atoms with Crippen molar-refractivity contribution < 1.29 is 38.4 Å². The van der Waals surface area contributed by atoms with Crippen molar-refractivity contribution >= 4 is 11.9 Å². The third-order valence-electron chi connectivity index (χ3n) is 7.89. The van der Waals surface area contributed by atoms with Crippen LogP contribution in [0.2, 0.25) is 0 Å². The van der Waals surface area contributed by atoms with Gasteiger partial charge in [-0.2, -0.15) is 0 Å². The predicted octanol–water partition coefficient (Wildman–Crippen LogP) is 2.41. The Morgan fingerprint density at radius 1 is 1.13 bits per heavy atom. The van der Waals surface area contributed by atoms with Gasteiger partial charge in [0.1, 0.15) is 0 Å². The van der Waals surface area contributed by atoms with Crippen LogP contribution in [-0.4, -0.2) is 99.0 Å². The Morgan fingerprint density at radius 2 is 1.90 bits per heavy atom. The molecule has 39 heavy (non-hydrogen) atoms. The van der Waals surface area contributed by atoms with Crippen LogP contribution in [0.25, 0.3) is 0 Å². The molecule has 1 aromatic rings. The Labute approximate surface area is 230 Å². The summed E-state index contributed by atoms with van der Waals surface area (Å²) < 4.78 is 28.0. The van der Waals surface area contributed by atoms with Crippen molar-refractivity contribution in [1.82, 2.24) is 9.80 Å². The Hall–Kier alpha value is -2.60. The number of likely N-dealkylation sites (tertiary alicyclic amines) is 1. The maximum Gasteiger partial charge on any atom is 0.308 e. The fraction of sp³-hybridized carbons (Fsp3) is 0.714. The zero-order chi connectivity index (χ0) is 27.8. The number of amides is 1. The fourth-order valence-electron chi connectivity index (χ4n) is 5.87. The van der Waals surface area contributed by atoms with Crippen LogP contribution in [-0.2, 0) is 19.1 Å². The second kappa shape index (κ2) is 14.2. The number of ether oxygens (including phenoxy) is 5. The lowest BCUT2D eigenvalue weighted by molar-refractivity contribution is -0.144. The molecule has 3 aliphatic rings. The number of rotatable bonds is 15. The van der Waals surface area contributed by atoms with Crippen LogP contribution in [0, 0.1) is 5.92 Å². The Bertz CT molecular complexity index is 970. The maximum atomic E-state index is 13.6. The molecule has 0 bridgehead atoms. The van der Waals surface area contributed by atoms with Gasteiger partial charge in [-0.25, -0.2) is 0 Å². The molecule has 1 amide bonds. The third-order valence-corrected chi connectivity index (χ3v) is 7.89. The van der Waals surface area contributed by atoms with Gasteiger partial charge in [-0.1, -0.05) is 13.3 Å². The number of hydrogen-bond acceptors (Lipinski definition) is 9. The second-order valence-electron chi connectivity index (χ2n) is 10.4. The zero-order valence-electron chi connectivity index (χ0n) is 23.1. The summed E-state index contributed by atoms with van der Waals surface area (Å²) in [5.41, 5.74) is 6.48. The number of carbonyl (C=O) groups excluding carboxylic acids is 1. The molecular formula is C28H43N3O8. The van der Waals surface area contributed by atoms with E-state index in [1.165, 1.54) is 0 Å². The average Bonchev–Trinajstić information content (AvgIpc) is 3.69. The molecule has 4 rings (SSSR count). The number of nitrogens with zero attached hydrogens (tertiary/aromatic N) is 2. The molecule has 11 nitrogen and oxygen atoms in total.